The van der Waals surface area contributed by atoms with Gasteiger partial charge in [-0.1, -0.05) is 42.5 Å². The monoisotopic (exact) mass is 400 g/mol. The van der Waals surface area contributed by atoms with Crippen molar-refractivity contribution in [3.8, 4) is 11.1 Å². The highest BCUT2D eigenvalue weighted by molar-refractivity contribution is 7.89. The molecule has 2 aliphatic rings. The Labute approximate surface area is 165 Å². The first kappa shape index (κ1) is 19.1. The smallest absolute Gasteiger partial charge is 0.243 e. The Hall–Kier alpha value is -2.22. The quantitative estimate of drug-likeness (QED) is 0.790. The van der Waals surface area contributed by atoms with Crippen LogP contribution in [0.2, 0.25) is 0 Å². The van der Waals surface area contributed by atoms with Gasteiger partial charge in [-0.05, 0) is 36.1 Å². The molecule has 1 amide bonds. The van der Waals surface area contributed by atoms with Crippen LogP contribution in [0.4, 0.5) is 0 Å². The zero-order chi connectivity index (χ0) is 19.6. The van der Waals surface area contributed by atoms with Gasteiger partial charge in [-0.15, -0.1) is 0 Å². The van der Waals surface area contributed by atoms with Gasteiger partial charge < -0.3 is 9.64 Å². The van der Waals surface area contributed by atoms with E-state index in [2.05, 4.69) is 0 Å². The number of carbonyl (C=O) groups is 1. The van der Waals surface area contributed by atoms with E-state index >= 15 is 0 Å². The van der Waals surface area contributed by atoms with Gasteiger partial charge >= 0.3 is 0 Å². The fraction of sp³-hybridized carbons (Fsp3) is 0.381. The molecule has 7 heteroatoms. The standard InChI is InChI=1S/C21H24N2O4S/c24-21(22-13-15-27-16-14-22)20-7-4-12-23(20)28(25,26)19-10-8-18(9-11-19)17-5-2-1-3-6-17/h1-3,5-6,8-11,20H,4,7,12-16H2. The molecule has 0 N–H and O–H groups in total. The van der Waals surface area contributed by atoms with Gasteiger partial charge in [0.25, 0.3) is 0 Å². The van der Waals surface area contributed by atoms with Crippen LogP contribution in [0, 0.1) is 0 Å². The maximum absolute atomic E-state index is 13.2. The van der Waals surface area contributed by atoms with Gasteiger partial charge in [-0.3, -0.25) is 4.79 Å². The average Bonchev–Trinajstić information content (AvgIpc) is 3.25. The third kappa shape index (κ3) is 3.70. The Morgan fingerprint density at radius 3 is 2.21 bits per heavy atom. The number of ether oxygens (including phenoxy) is 1. The van der Waals surface area contributed by atoms with E-state index in [1.54, 1.807) is 17.0 Å². The molecule has 148 valence electrons. The van der Waals surface area contributed by atoms with Gasteiger partial charge in [0, 0.05) is 19.6 Å². The summed E-state index contributed by atoms with van der Waals surface area (Å²) in [6, 6.07) is 16.1. The number of carbonyl (C=O) groups excluding carboxylic acids is 1. The van der Waals surface area contributed by atoms with E-state index < -0.39 is 16.1 Å². The van der Waals surface area contributed by atoms with Crippen molar-refractivity contribution < 1.29 is 17.9 Å². The number of hydrogen-bond acceptors (Lipinski definition) is 4. The highest BCUT2D eigenvalue weighted by Gasteiger charge is 2.41. The molecule has 0 aliphatic carbocycles. The molecule has 2 saturated heterocycles. The first-order valence-electron chi connectivity index (χ1n) is 9.61. The van der Waals surface area contributed by atoms with Crippen molar-refractivity contribution >= 4 is 15.9 Å². The molecular formula is C21H24N2O4S. The highest BCUT2D eigenvalue weighted by Crippen LogP contribution is 2.29. The second kappa shape index (κ2) is 8.03. The number of amides is 1. The molecule has 2 aliphatic heterocycles. The third-order valence-corrected chi connectivity index (χ3v) is 7.30. The van der Waals surface area contributed by atoms with Crippen LogP contribution in [0.15, 0.2) is 59.5 Å². The zero-order valence-electron chi connectivity index (χ0n) is 15.7. The minimum absolute atomic E-state index is 0.106. The van der Waals surface area contributed by atoms with E-state index in [0.717, 1.165) is 11.1 Å². The highest BCUT2D eigenvalue weighted by atomic mass is 32.2. The molecule has 0 bridgehead atoms. The van der Waals surface area contributed by atoms with Crippen LogP contribution in [-0.2, 0) is 19.6 Å². The molecule has 2 heterocycles. The lowest BCUT2D eigenvalue weighted by Gasteiger charge is -2.32. The molecule has 1 unspecified atom stereocenters. The van der Waals surface area contributed by atoms with Crippen molar-refractivity contribution in [1.29, 1.82) is 0 Å². The molecule has 0 spiro atoms. The number of benzene rings is 2. The topological polar surface area (TPSA) is 66.9 Å². The Morgan fingerprint density at radius 2 is 1.54 bits per heavy atom. The largest absolute Gasteiger partial charge is 0.378 e. The van der Waals surface area contributed by atoms with Crippen molar-refractivity contribution in [1.82, 2.24) is 9.21 Å². The van der Waals surface area contributed by atoms with E-state index in [1.165, 1.54) is 4.31 Å². The van der Waals surface area contributed by atoms with Crippen LogP contribution in [-0.4, -0.2) is 62.4 Å². The van der Waals surface area contributed by atoms with E-state index in [1.807, 2.05) is 42.5 Å². The lowest BCUT2D eigenvalue weighted by Crippen LogP contribution is -2.50. The summed E-state index contributed by atoms with van der Waals surface area (Å²) >= 11 is 0. The van der Waals surface area contributed by atoms with Gasteiger partial charge in [-0.2, -0.15) is 4.31 Å². The predicted octanol–water partition coefficient (Wildman–Crippen LogP) is 2.37. The normalized spacial score (nSPS) is 21.0. The first-order chi connectivity index (χ1) is 13.6. The van der Waals surface area contributed by atoms with Crippen molar-refractivity contribution in [3.05, 3.63) is 54.6 Å². The molecule has 4 rings (SSSR count). The van der Waals surface area contributed by atoms with Gasteiger partial charge in [0.15, 0.2) is 0 Å². The van der Waals surface area contributed by atoms with Crippen molar-refractivity contribution in [2.24, 2.45) is 0 Å². The summed E-state index contributed by atoms with van der Waals surface area (Å²) in [6.07, 6.45) is 1.26. The molecule has 0 aromatic heterocycles. The maximum atomic E-state index is 13.2. The van der Waals surface area contributed by atoms with Crippen LogP contribution < -0.4 is 0 Å². The van der Waals surface area contributed by atoms with Crippen LogP contribution in [0.1, 0.15) is 12.8 Å². The molecule has 6 nitrogen and oxygen atoms in total. The number of nitrogens with zero attached hydrogens (tertiary/aromatic N) is 2. The molecule has 2 aromatic carbocycles. The van der Waals surface area contributed by atoms with Gasteiger partial charge in [-0.25, -0.2) is 8.42 Å². The number of hydrogen-bond donors (Lipinski definition) is 0. The van der Waals surface area contributed by atoms with Crippen molar-refractivity contribution in [2.75, 3.05) is 32.8 Å². The SMILES string of the molecule is O=C(C1CCCN1S(=O)(=O)c1ccc(-c2ccccc2)cc1)N1CCOCC1. The summed E-state index contributed by atoms with van der Waals surface area (Å²) in [6.45, 7) is 2.44. The van der Waals surface area contributed by atoms with Crippen LogP contribution in [0.3, 0.4) is 0 Å². The van der Waals surface area contributed by atoms with Crippen LogP contribution in [0.5, 0.6) is 0 Å². The van der Waals surface area contributed by atoms with Crippen LogP contribution >= 0.6 is 0 Å². The Morgan fingerprint density at radius 1 is 0.893 bits per heavy atom. The second-order valence-corrected chi connectivity index (χ2v) is 8.99. The summed E-state index contributed by atoms with van der Waals surface area (Å²) in [7, 11) is -3.72. The summed E-state index contributed by atoms with van der Waals surface area (Å²) in [5.41, 5.74) is 2.00. The molecule has 2 aromatic rings. The number of morpholine rings is 1. The summed E-state index contributed by atoms with van der Waals surface area (Å²) in [5.74, 6) is -0.106. The van der Waals surface area contributed by atoms with Gasteiger partial charge in [0.1, 0.15) is 6.04 Å². The molecule has 28 heavy (non-hydrogen) atoms. The van der Waals surface area contributed by atoms with E-state index in [0.29, 0.717) is 45.7 Å². The fourth-order valence-corrected chi connectivity index (χ4v) is 5.51. The van der Waals surface area contributed by atoms with E-state index in [4.69, 9.17) is 4.74 Å². The minimum Gasteiger partial charge on any atom is -0.378 e. The van der Waals surface area contributed by atoms with Crippen molar-refractivity contribution in [2.45, 2.75) is 23.8 Å². The first-order valence-corrected chi connectivity index (χ1v) is 11.1. The van der Waals surface area contributed by atoms with Gasteiger partial charge in [0.05, 0.1) is 18.1 Å². The Kier molecular flexibility index (Phi) is 5.48. The molecule has 2 fully saturated rings. The summed E-state index contributed by atoms with van der Waals surface area (Å²) in [5, 5.41) is 0. The van der Waals surface area contributed by atoms with Crippen molar-refractivity contribution in [3.63, 3.8) is 0 Å². The Bertz CT molecular complexity index is 923. The predicted molar refractivity (Wildman–Crippen MR) is 106 cm³/mol. The average molecular weight is 401 g/mol. The third-order valence-electron chi connectivity index (χ3n) is 5.38. The molecule has 0 radical (unpaired) electrons. The maximum Gasteiger partial charge on any atom is 0.243 e. The van der Waals surface area contributed by atoms with Crippen LogP contribution in [0.25, 0.3) is 11.1 Å². The summed E-state index contributed by atoms with van der Waals surface area (Å²) < 4.78 is 33.1. The van der Waals surface area contributed by atoms with E-state index in [-0.39, 0.29) is 10.8 Å². The summed E-state index contributed by atoms with van der Waals surface area (Å²) in [4.78, 5) is 14.8. The minimum atomic E-state index is -3.72. The Balaban J connectivity index is 1.56. The molecule has 1 atom stereocenters. The van der Waals surface area contributed by atoms with Gasteiger partial charge in [0.2, 0.25) is 15.9 Å². The lowest BCUT2D eigenvalue weighted by molar-refractivity contribution is -0.138. The molecule has 0 saturated carbocycles. The fourth-order valence-electron chi connectivity index (χ4n) is 3.85. The lowest BCUT2D eigenvalue weighted by atomic mass is 10.1. The second-order valence-electron chi connectivity index (χ2n) is 7.10. The zero-order valence-corrected chi connectivity index (χ0v) is 16.5. The number of sulfonamides is 1. The van der Waals surface area contributed by atoms with E-state index in [9.17, 15) is 13.2 Å². The number of rotatable bonds is 4. The molecular weight excluding hydrogens is 376 g/mol.